The predicted molar refractivity (Wildman–Crippen MR) is 130 cm³/mol. The molecule has 6 nitrogen and oxygen atoms in total. The topological polar surface area (TPSA) is 93.1 Å². The van der Waals surface area contributed by atoms with Crippen molar-refractivity contribution in [1.29, 1.82) is 0 Å². The standard InChI is InChI=1S/C20H11F4O5PS.C3H8.CH2O/c21-8-1-6-12(3-10(8)26)29-13-4-11(27)9(22)2-7(13)14(6)15-18(28-5-25)16(23)17(24)20(31)19(15)30;1-3-2;1-2/h1-5,14,26-27,31H,30H2;3H2,1-2H3;1H2. The molecule has 12 heteroatoms. The number of fused-ring (bicyclic) bond motifs is 2. The van der Waals surface area contributed by atoms with Gasteiger partial charge in [0.25, 0.3) is 6.47 Å². The summed E-state index contributed by atoms with van der Waals surface area (Å²) in [4.78, 5) is 18.6. The number of hydrogen-bond acceptors (Lipinski definition) is 7. The van der Waals surface area contributed by atoms with Gasteiger partial charge < -0.3 is 24.5 Å². The molecular weight excluding hydrogens is 523 g/mol. The van der Waals surface area contributed by atoms with Gasteiger partial charge >= 0.3 is 0 Å². The maximum Gasteiger partial charge on any atom is 0.298 e. The molecule has 0 aliphatic carbocycles. The average molecular weight is 544 g/mol. The first kappa shape index (κ1) is 28.9. The normalized spacial score (nSPS) is 11.6. The van der Waals surface area contributed by atoms with Gasteiger partial charge in [0.15, 0.2) is 34.7 Å². The van der Waals surface area contributed by atoms with E-state index in [-0.39, 0.29) is 40.0 Å². The molecule has 192 valence electrons. The molecule has 1 heterocycles. The van der Waals surface area contributed by atoms with E-state index in [1.54, 1.807) is 0 Å². The van der Waals surface area contributed by atoms with Gasteiger partial charge in [-0.25, -0.2) is 13.2 Å². The van der Waals surface area contributed by atoms with E-state index >= 15 is 0 Å². The molecule has 4 rings (SSSR count). The number of ether oxygens (including phenoxy) is 2. The lowest BCUT2D eigenvalue weighted by Crippen LogP contribution is -2.21. The van der Waals surface area contributed by atoms with E-state index in [1.165, 1.54) is 6.42 Å². The molecule has 3 aromatic rings. The summed E-state index contributed by atoms with van der Waals surface area (Å²) in [5, 5.41) is 19.4. The minimum absolute atomic E-state index is 0.00826. The summed E-state index contributed by atoms with van der Waals surface area (Å²) in [6.45, 7) is 6.12. The zero-order valence-corrected chi connectivity index (χ0v) is 21.0. The van der Waals surface area contributed by atoms with Crippen molar-refractivity contribution in [2.75, 3.05) is 0 Å². The number of hydrogen-bond donors (Lipinski definition) is 3. The molecule has 0 bridgehead atoms. The Hall–Kier alpha value is -3.30. The Morgan fingerprint density at radius 2 is 1.44 bits per heavy atom. The fraction of sp³-hybridized carbons (Fsp3) is 0.167. The second-order valence-electron chi connectivity index (χ2n) is 7.27. The highest BCUT2D eigenvalue weighted by Gasteiger charge is 2.37. The SMILES string of the molecule is C=O.CCC.O=COc1c(F)c(F)c(S)c(P)c1C1c2cc(F)c(O)cc2Oc2cc(O)c(F)cc21. The molecule has 1 atom stereocenters. The lowest BCUT2D eigenvalue weighted by molar-refractivity contribution is -0.121. The molecule has 3 aromatic carbocycles. The van der Waals surface area contributed by atoms with Crippen LogP contribution in [0, 0.1) is 23.3 Å². The Labute approximate surface area is 211 Å². The van der Waals surface area contributed by atoms with Crippen molar-refractivity contribution >= 4 is 40.4 Å². The van der Waals surface area contributed by atoms with Crippen molar-refractivity contribution in [3.8, 4) is 28.7 Å². The van der Waals surface area contributed by atoms with Crippen LogP contribution in [0.4, 0.5) is 17.6 Å². The van der Waals surface area contributed by atoms with Gasteiger partial charge in [-0.15, -0.1) is 21.9 Å². The summed E-state index contributed by atoms with van der Waals surface area (Å²) in [5.41, 5.74) is -0.195. The van der Waals surface area contributed by atoms with Crippen LogP contribution in [0.3, 0.4) is 0 Å². The smallest absolute Gasteiger partial charge is 0.298 e. The number of carbonyl (C=O) groups excluding carboxylic acids is 2. The minimum Gasteiger partial charge on any atom is -0.505 e. The molecule has 0 saturated carbocycles. The summed E-state index contributed by atoms with van der Waals surface area (Å²) < 4.78 is 67.7. The summed E-state index contributed by atoms with van der Waals surface area (Å²) >= 11 is 3.96. The number of benzene rings is 3. The molecule has 36 heavy (non-hydrogen) atoms. The Morgan fingerprint density at radius 3 is 1.86 bits per heavy atom. The first-order chi connectivity index (χ1) is 17.1. The van der Waals surface area contributed by atoms with Crippen molar-refractivity contribution in [1.82, 2.24) is 0 Å². The fourth-order valence-electron chi connectivity index (χ4n) is 3.48. The van der Waals surface area contributed by atoms with Crippen molar-refractivity contribution in [2.24, 2.45) is 0 Å². The largest absolute Gasteiger partial charge is 0.505 e. The van der Waals surface area contributed by atoms with Crippen LogP contribution in [-0.4, -0.2) is 23.5 Å². The van der Waals surface area contributed by atoms with E-state index in [0.29, 0.717) is 0 Å². The molecule has 0 radical (unpaired) electrons. The maximum absolute atomic E-state index is 14.7. The van der Waals surface area contributed by atoms with E-state index < -0.39 is 51.3 Å². The van der Waals surface area contributed by atoms with Gasteiger partial charge in [-0.05, 0) is 17.4 Å². The van der Waals surface area contributed by atoms with Crippen molar-refractivity contribution < 1.29 is 46.8 Å². The molecule has 0 amide bonds. The number of carbonyl (C=O) groups is 2. The monoisotopic (exact) mass is 544 g/mol. The fourth-order valence-corrected chi connectivity index (χ4v) is 4.12. The van der Waals surface area contributed by atoms with Crippen LogP contribution in [0.2, 0.25) is 0 Å². The average Bonchev–Trinajstić information content (AvgIpc) is 2.85. The number of halogens is 4. The Morgan fingerprint density at radius 1 is 1.00 bits per heavy atom. The van der Waals surface area contributed by atoms with E-state index in [0.717, 1.165) is 24.3 Å². The number of rotatable bonds is 3. The molecule has 2 N–H and O–H groups in total. The molecule has 1 unspecified atom stereocenters. The molecule has 0 saturated heterocycles. The first-order valence-corrected chi connectivity index (χ1v) is 11.2. The van der Waals surface area contributed by atoms with Crippen molar-refractivity contribution in [3.63, 3.8) is 0 Å². The highest BCUT2D eigenvalue weighted by molar-refractivity contribution is 7.80. The van der Waals surface area contributed by atoms with Crippen LogP contribution in [0.5, 0.6) is 28.7 Å². The van der Waals surface area contributed by atoms with Gasteiger partial charge in [0.2, 0.25) is 5.82 Å². The molecule has 0 aromatic heterocycles. The van der Waals surface area contributed by atoms with Crippen LogP contribution < -0.4 is 14.8 Å². The van der Waals surface area contributed by atoms with Gasteiger partial charge in [0.1, 0.15) is 18.3 Å². The third kappa shape index (κ3) is 5.27. The summed E-state index contributed by atoms with van der Waals surface area (Å²) in [6, 6.07) is 3.62. The second-order valence-corrected chi connectivity index (χ2v) is 8.30. The van der Waals surface area contributed by atoms with Gasteiger partial charge in [0.05, 0.1) is 4.90 Å². The number of aromatic hydroxyl groups is 2. The highest BCUT2D eigenvalue weighted by Crippen LogP contribution is 2.52. The Kier molecular flexibility index (Phi) is 9.72. The van der Waals surface area contributed by atoms with E-state index in [4.69, 9.17) is 14.3 Å². The van der Waals surface area contributed by atoms with Crippen molar-refractivity contribution in [3.05, 3.63) is 64.2 Å². The summed E-state index contributed by atoms with van der Waals surface area (Å²) in [5.74, 6) is -8.86. The Balaban J connectivity index is 0.000000850. The Bertz CT molecular complexity index is 1250. The quantitative estimate of drug-likeness (QED) is 0.137. The number of phenols is 2. The van der Waals surface area contributed by atoms with Gasteiger partial charge in [0, 0.05) is 34.7 Å². The van der Waals surface area contributed by atoms with Gasteiger partial charge in [-0.1, -0.05) is 20.3 Å². The van der Waals surface area contributed by atoms with Crippen LogP contribution in [0.1, 0.15) is 42.9 Å². The maximum atomic E-state index is 14.7. The predicted octanol–water partition coefficient (Wildman–Crippen LogP) is 5.50. The zero-order valence-electron chi connectivity index (χ0n) is 18.9. The first-order valence-electron chi connectivity index (χ1n) is 10.2. The van der Waals surface area contributed by atoms with Crippen molar-refractivity contribution in [2.45, 2.75) is 31.1 Å². The molecule has 0 fully saturated rings. The van der Waals surface area contributed by atoms with Crippen LogP contribution in [-0.2, 0) is 9.59 Å². The second kappa shape index (κ2) is 12.1. The third-order valence-electron chi connectivity index (χ3n) is 4.84. The van der Waals surface area contributed by atoms with Crippen LogP contribution >= 0.6 is 21.9 Å². The minimum atomic E-state index is -1.54. The van der Waals surface area contributed by atoms with E-state index in [9.17, 15) is 32.6 Å². The highest BCUT2D eigenvalue weighted by atomic mass is 32.1. The third-order valence-corrected chi connectivity index (χ3v) is 6.12. The van der Waals surface area contributed by atoms with Crippen LogP contribution in [0.25, 0.3) is 0 Å². The molecule has 1 aliphatic rings. The summed E-state index contributed by atoms with van der Waals surface area (Å²) in [6.07, 6.45) is 1.25. The number of thiol groups is 1. The lowest BCUT2D eigenvalue weighted by Gasteiger charge is -2.31. The van der Waals surface area contributed by atoms with Crippen LogP contribution in [0.15, 0.2) is 29.2 Å². The van der Waals surface area contributed by atoms with Gasteiger partial charge in [-0.3, -0.25) is 4.79 Å². The lowest BCUT2D eigenvalue weighted by atomic mass is 9.81. The molecule has 0 spiro atoms. The van der Waals surface area contributed by atoms with E-state index in [2.05, 4.69) is 35.7 Å². The molecular formula is C24H21F4O6PS. The molecule has 1 aliphatic heterocycles. The number of phenolic OH excluding ortho intramolecular Hbond substituents is 2. The van der Waals surface area contributed by atoms with E-state index in [1.807, 2.05) is 6.79 Å². The van der Waals surface area contributed by atoms with Gasteiger partial charge in [-0.2, -0.15) is 4.39 Å². The summed E-state index contributed by atoms with van der Waals surface area (Å²) in [7, 11) is 2.13. The zero-order chi connectivity index (χ0) is 27.3.